The van der Waals surface area contributed by atoms with Gasteiger partial charge >= 0.3 is 0 Å². The monoisotopic (exact) mass is 481 g/mol. The number of benzene rings is 3. The van der Waals surface area contributed by atoms with Crippen molar-refractivity contribution in [1.29, 1.82) is 0 Å². The standard InChI is InChI=1S/C29H28N3O2P/c1-31-26-16-25(27-21(18-7-8-18)5-4-6-22(27)29(31)33)32-24-15-19(11-14-23(24)30-28(26)32)17-9-12-20(13-10-17)35(2,3)34/h4-6,9-15,18,25-26H,7-8,16H2,1-3H3/t25-,26-/m1/s1. The van der Waals surface area contributed by atoms with Crippen LogP contribution in [0.4, 0.5) is 0 Å². The van der Waals surface area contributed by atoms with Crippen molar-refractivity contribution in [2.24, 2.45) is 0 Å². The van der Waals surface area contributed by atoms with Crippen molar-refractivity contribution in [3.05, 3.63) is 83.2 Å². The second kappa shape index (κ2) is 7.18. The summed E-state index contributed by atoms with van der Waals surface area (Å²) in [5, 5.41) is 0.898. The minimum Gasteiger partial charge on any atom is -0.331 e. The number of fused-ring (bicyclic) bond motifs is 9. The molecule has 2 atom stereocenters. The van der Waals surface area contributed by atoms with E-state index >= 15 is 0 Å². The zero-order valence-electron chi connectivity index (χ0n) is 20.2. The van der Waals surface area contributed by atoms with E-state index in [1.807, 2.05) is 30.1 Å². The molecule has 2 aliphatic heterocycles. The van der Waals surface area contributed by atoms with Crippen molar-refractivity contribution in [2.45, 2.75) is 37.3 Å². The number of nitrogens with zero attached hydrogens (tertiary/aromatic N) is 3. The minimum absolute atomic E-state index is 0.0228. The molecule has 1 amide bonds. The van der Waals surface area contributed by atoms with Crippen LogP contribution >= 0.6 is 7.14 Å². The summed E-state index contributed by atoms with van der Waals surface area (Å²) in [7, 11) is -0.361. The zero-order valence-corrected chi connectivity index (χ0v) is 21.1. The number of hydrogen-bond acceptors (Lipinski definition) is 3. The molecule has 3 heterocycles. The van der Waals surface area contributed by atoms with Crippen LogP contribution in [0.25, 0.3) is 22.2 Å². The van der Waals surface area contributed by atoms with Gasteiger partial charge in [-0.3, -0.25) is 4.79 Å². The maximum atomic E-state index is 13.5. The quantitative estimate of drug-likeness (QED) is 0.340. The van der Waals surface area contributed by atoms with Gasteiger partial charge in [0.05, 0.1) is 23.1 Å². The van der Waals surface area contributed by atoms with Gasteiger partial charge < -0.3 is 14.0 Å². The third kappa shape index (κ3) is 3.11. The van der Waals surface area contributed by atoms with Gasteiger partial charge in [-0.15, -0.1) is 0 Å². The Labute approximate surface area is 205 Å². The molecule has 35 heavy (non-hydrogen) atoms. The van der Waals surface area contributed by atoms with Crippen LogP contribution in [0.15, 0.2) is 60.7 Å². The van der Waals surface area contributed by atoms with Gasteiger partial charge in [0.2, 0.25) is 0 Å². The van der Waals surface area contributed by atoms with E-state index in [2.05, 4.69) is 47.0 Å². The smallest absolute Gasteiger partial charge is 0.254 e. The van der Waals surface area contributed by atoms with Gasteiger partial charge in [-0.1, -0.05) is 42.5 Å². The number of carbonyl (C=O) groups is 1. The van der Waals surface area contributed by atoms with Crippen LogP contribution in [-0.4, -0.2) is 40.7 Å². The number of amides is 1. The molecule has 1 fully saturated rings. The Morgan fingerprint density at radius 2 is 1.69 bits per heavy atom. The van der Waals surface area contributed by atoms with E-state index in [1.54, 1.807) is 13.3 Å². The maximum Gasteiger partial charge on any atom is 0.254 e. The number of aromatic nitrogens is 2. The highest BCUT2D eigenvalue weighted by Crippen LogP contribution is 2.52. The van der Waals surface area contributed by atoms with Crippen LogP contribution in [-0.2, 0) is 4.57 Å². The van der Waals surface area contributed by atoms with Gasteiger partial charge in [-0.2, -0.15) is 0 Å². The lowest BCUT2D eigenvalue weighted by Crippen LogP contribution is -2.30. The molecule has 0 spiro atoms. The predicted octanol–water partition coefficient (Wildman–Crippen LogP) is 5.95. The fraction of sp³-hybridized carbons (Fsp3) is 0.310. The molecule has 4 aromatic rings. The molecule has 176 valence electrons. The molecule has 1 aliphatic carbocycles. The molecule has 3 aromatic carbocycles. The van der Waals surface area contributed by atoms with Crippen molar-refractivity contribution in [1.82, 2.24) is 14.5 Å². The van der Waals surface area contributed by atoms with E-state index in [-0.39, 0.29) is 18.0 Å². The van der Waals surface area contributed by atoms with Crippen LogP contribution in [0.1, 0.15) is 64.6 Å². The normalized spacial score (nSPS) is 21.2. The summed E-state index contributed by atoms with van der Waals surface area (Å²) in [5.41, 5.74) is 7.72. The summed E-state index contributed by atoms with van der Waals surface area (Å²) in [6, 6.07) is 20.9. The van der Waals surface area contributed by atoms with Gasteiger partial charge in [0, 0.05) is 24.3 Å². The zero-order chi connectivity index (χ0) is 24.1. The summed E-state index contributed by atoms with van der Waals surface area (Å²) >= 11 is 0. The molecule has 0 radical (unpaired) electrons. The molecular weight excluding hydrogens is 453 g/mol. The molecule has 5 nitrogen and oxygen atoms in total. The Morgan fingerprint density at radius 1 is 0.943 bits per heavy atom. The van der Waals surface area contributed by atoms with Crippen molar-refractivity contribution >= 4 is 29.4 Å². The molecule has 1 saturated carbocycles. The molecular formula is C29H28N3O2P. The molecule has 2 bridgehead atoms. The van der Waals surface area contributed by atoms with E-state index in [4.69, 9.17) is 4.98 Å². The molecule has 0 N–H and O–H groups in total. The summed E-state index contributed by atoms with van der Waals surface area (Å²) in [4.78, 5) is 20.4. The van der Waals surface area contributed by atoms with E-state index in [0.717, 1.165) is 45.3 Å². The Hall–Kier alpha value is -3.17. The van der Waals surface area contributed by atoms with E-state index in [0.29, 0.717) is 5.92 Å². The predicted molar refractivity (Wildman–Crippen MR) is 140 cm³/mol. The third-order valence-electron chi connectivity index (χ3n) is 8.10. The maximum absolute atomic E-state index is 13.5. The number of rotatable bonds is 3. The fourth-order valence-corrected chi connectivity index (χ4v) is 6.96. The highest BCUT2D eigenvalue weighted by atomic mass is 31.2. The molecule has 6 heteroatoms. The van der Waals surface area contributed by atoms with E-state index in [9.17, 15) is 9.36 Å². The number of imidazole rings is 1. The number of hydrogen-bond donors (Lipinski definition) is 0. The molecule has 1 aromatic heterocycles. The van der Waals surface area contributed by atoms with Crippen molar-refractivity contribution < 1.29 is 9.36 Å². The van der Waals surface area contributed by atoms with Gasteiger partial charge in [0.15, 0.2) is 0 Å². The first-order chi connectivity index (χ1) is 16.8. The van der Waals surface area contributed by atoms with Gasteiger partial charge in [-0.25, -0.2) is 4.98 Å². The third-order valence-corrected chi connectivity index (χ3v) is 9.65. The second-order valence-electron chi connectivity index (χ2n) is 10.7. The first-order valence-electron chi connectivity index (χ1n) is 12.4. The highest BCUT2D eigenvalue weighted by Gasteiger charge is 2.45. The van der Waals surface area contributed by atoms with E-state index < -0.39 is 7.14 Å². The van der Waals surface area contributed by atoms with Gasteiger partial charge in [0.1, 0.15) is 13.0 Å². The van der Waals surface area contributed by atoms with Crippen LogP contribution in [0, 0.1) is 0 Å². The average Bonchev–Trinajstić information content (AvgIpc) is 3.56. The summed E-state index contributed by atoms with van der Waals surface area (Å²) in [6.07, 6.45) is 3.28. The summed E-state index contributed by atoms with van der Waals surface area (Å²) in [5.74, 6) is 1.67. The van der Waals surface area contributed by atoms with Gasteiger partial charge in [-0.05, 0) is 72.5 Å². The Morgan fingerprint density at radius 3 is 2.40 bits per heavy atom. The largest absolute Gasteiger partial charge is 0.331 e. The molecule has 0 unspecified atom stereocenters. The average molecular weight is 482 g/mol. The van der Waals surface area contributed by atoms with Crippen LogP contribution < -0.4 is 5.30 Å². The van der Waals surface area contributed by atoms with Crippen LogP contribution in [0.3, 0.4) is 0 Å². The van der Waals surface area contributed by atoms with E-state index in [1.165, 1.54) is 24.0 Å². The second-order valence-corrected chi connectivity index (χ2v) is 13.9. The first kappa shape index (κ1) is 21.1. The fourth-order valence-electron chi connectivity index (χ4n) is 6.09. The lowest BCUT2D eigenvalue weighted by atomic mass is 9.91. The molecule has 7 rings (SSSR count). The van der Waals surface area contributed by atoms with Crippen molar-refractivity contribution in [2.75, 3.05) is 20.4 Å². The van der Waals surface area contributed by atoms with Crippen molar-refractivity contribution in [3.63, 3.8) is 0 Å². The minimum atomic E-state index is -2.28. The topological polar surface area (TPSA) is 55.2 Å². The first-order valence-corrected chi connectivity index (χ1v) is 15.0. The number of carbonyl (C=O) groups excluding carboxylic acids is 1. The van der Waals surface area contributed by atoms with Crippen LogP contribution in [0.2, 0.25) is 0 Å². The SMILES string of the molecule is CN1C(=O)c2cccc(C3CC3)c2[C@H]2C[C@@H]1c1nc3ccc(-c4ccc(P(C)(C)=O)cc4)cc3n12. The Bertz CT molecular complexity index is 1580. The Kier molecular flexibility index (Phi) is 4.33. The summed E-state index contributed by atoms with van der Waals surface area (Å²) in [6.45, 7) is 3.61. The molecule has 3 aliphatic rings. The lowest BCUT2D eigenvalue weighted by Gasteiger charge is -2.25. The summed E-state index contributed by atoms with van der Waals surface area (Å²) < 4.78 is 14.9. The Balaban J connectivity index is 1.41. The molecule has 0 saturated heterocycles. The lowest BCUT2D eigenvalue weighted by molar-refractivity contribution is 0.0734. The van der Waals surface area contributed by atoms with Crippen molar-refractivity contribution in [3.8, 4) is 11.1 Å². The van der Waals surface area contributed by atoms with Gasteiger partial charge in [0.25, 0.3) is 5.91 Å². The highest BCUT2D eigenvalue weighted by molar-refractivity contribution is 7.70. The van der Waals surface area contributed by atoms with Crippen LogP contribution in [0.5, 0.6) is 0 Å².